The van der Waals surface area contributed by atoms with Gasteiger partial charge in [0.2, 0.25) is 0 Å². The topological polar surface area (TPSA) is 63.6 Å². The van der Waals surface area contributed by atoms with E-state index in [1.165, 1.54) is 6.20 Å². The highest BCUT2D eigenvalue weighted by molar-refractivity contribution is 5.94. The molecule has 0 atom stereocenters. The standard InChI is InChI=1S/C15H15N3O2/c1-11-5-6-12(8-14(11)20-2)9-17-18-15(19)13-4-3-7-16-10-13/h3-10H,1-2H3,(H,18,19)/b17-9-. The summed E-state index contributed by atoms with van der Waals surface area (Å²) in [5, 5.41) is 3.92. The Balaban J connectivity index is 2.02. The monoisotopic (exact) mass is 269 g/mol. The summed E-state index contributed by atoms with van der Waals surface area (Å²) in [5.41, 5.74) is 4.80. The third-order valence-corrected chi connectivity index (χ3v) is 2.74. The fourth-order valence-electron chi connectivity index (χ4n) is 1.64. The number of hydrazone groups is 1. The Morgan fingerprint density at radius 1 is 1.40 bits per heavy atom. The molecule has 0 saturated heterocycles. The number of carbonyl (C=O) groups excluding carboxylic acids is 1. The van der Waals surface area contributed by atoms with Crippen LogP contribution in [-0.2, 0) is 0 Å². The number of amides is 1. The SMILES string of the molecule is COc1cc(/C=N\NC(=O)c2cccnc2)ccc1C. The molecular formula is C15H15N3O2. The molecule has 0 aliphatic carbocycles. The van der Waals surface area contributed by atoms with Gasteiger partial charge in [-0.25, -0.2) is 5.43 Å². The van der Waals surface area contributed by atoms with Crippen LogP contribution in [0.4, 0.5) is 0 Å². The van der Waals surface area contributed by atoms with Crippen LogP contribution in [0.3, 0.4) is 0 Å². The van der Waals surface area contributed by atoms with Crippen molar-refractivity contribution in [1.29, 1.82) is 0 Å². The average molecular weight is 269 g/mol. The van der Waals surface area contributed by atoms with Crippen LogP contribution in [0.1, 0.15) is 21.5 Å². The number of ether oxygens (including phenoxy) is 1. The lowest BCUT2D eigenvalue weighted by atomic mass is 10.1. The maximum Gasteiger partial charge on any atom is 0.272 e. The van der Waals surface area contributed by atoms with Crippen molar-refractivity contribution in [3.8, 4) is 5.75 Å². The maximum atomic E-state index is 11.7. The van der Waals surface area contributed by atoms with E-state index in [9.17, 15) is 4.79 Å². The van der Waals surface area contributed by atoms with Gasteiger partial charge in [0.25, 0.3) is 5.91 Å². The number of aromatic nitrogens is 1. The van der Waals surface area contributed by atoms with Gasteiger partial charge in [0.1, 0.15) is 5.75 Å². The summed E-state index contributed by atoms with van der Waals surface area (Å²) in [6, 6.07) is 9.06. The third kappa shape index (κ3) is 3.41. The Morgan fingerprint density at radius 3 is 2.95 bits per heavy atom. The largest absolute Gasteiger partial charge is 0.496 e. The minimum Gasteiger partial charge on any atom is -0.496 e. The summed E-state index contributed by atoms with van der Waals surface area (Å²) in [4.78, 5) is 15.6. The fraction of sp³-hybridized carbons (Fsp3) is 0.133. The molecule has 2 aromatic rings. The molecule has 1 N–H and O–H groups in total. The van der Waals surface area contributed by atoms with E-state index in [1.807, 2.05) is 25.1 Å². The molecule has 0 spiro atoms. The summed E-state index contributed by atoms with van der Waals surface area (Å²) in [5.74, 6) is 0.487. The van der Waals surface area contributed by atoms with Gasteiger partial charge in [0.05, 0.1) is 18.9 Å². The van der Waals surface area contributed by atoms with E-state index in [1.54, 1.807) is 31.7 Å². The van der Waals surface area contributed by atoms with Gasteiger partial charge >= 0.3 is 0 Å². The van der Waals surface area contributed by atoms with Gasteiger partial charge in [-0.15, -0.1) is 0 Å². The zero-order valence-corrected chi connectivity index (χ0v) is 11.3. The quantitative estimate of drug-likeness (QED) is 0.683. The van der Waals surface area contributed by atoms with E-state index < -0.39 is 0 Å². The summed E-state index contributed by atoms with van der Waals surface area (Å²) in [7, 11) is 1.62. The third-order valence-electron chi connectivity index (χ3n) is 2.74. The normalized spacial score (nSPS) is 10.5. The molecule has 5 nitrogen and oxygen atoms in total. The predicted molar refractivity (Wildman–Crippen MR) is 77.0 cm³/mol. The average Bonchev–Trinajstić information content (AvgIpc) is 2.49. The number of methoxy groups -OCH3 is 1. The number of hydrogen-bond donors (Lipinski definition) is 1. The second-order valence-electron chi connectivity index (χ2n) is 4.17. The second kappa shape index (κ2) is 6.47. The van der Waals surface area contributed by atoms with E-state index in [0.717, 1.165) is 16.9 Å². The van der Waals surface area contributed by atoms with E-state index in [4.69, 9.17) is 4.74 Å². The van der Waals surface area contributed by atoms with Crippen LogP contribution in [0.15, 0.2) is 47.8 Å². The first kappa shape index (κ1) is 13.7. The van der Waals surface area contributed by atoms with E-state index in [0.29, 0.717) is 5.56 Å². The molecule has 20 heavy (non-hydrogen) atoms. The number of hydrogen-bond acceptors (Lipinski definition) is 4. The van der Waals surface area contributed by atoms with Crippen LogP contribution in [-0.4, -0.2) is 24.2 Å². The van der Waals surface area contributed by atoms with E-state index in [2.05, 4.69) is 15.5 Å². The summed E-state index contributed by atoms with van der Waals surface area (Å²) in [6.45, 7) is 1.96. The maximum absolute atomic E-state index is 11.7. The van der Waals surface area contributed by atoms with Crippen LogP contribution in [0.2, 0.25) is 0 Å². The van der Waals surface area contributed by atoms with Gasteiger partial charge in [-0.05, 0) is 36.2 Å². The molecule has 102 valence electrons. The highest BCUT2D eigenvalue weighted by Crippen LogP contribution is 2.17. The van der Waals surface area contributed by atoms with Crippen LogP contribution >= 0.6 is 0 Å². The summed E-state index contributed by atoms with van der Waals surface area (Å²) in [6.07, 6.45) is 4.66. The number of carbonyl (C=O) groups is 1. The van der Waals surface area contributed by atoms with Crippen LogP contribution in [0, 0.1) is 6.92 Å². The van der Waals surface area contributed by atoms with Gasteiger partial charge in [0, 0.05) is 12.4 Å². The summed E-state index contributed by atoms with van der Waals surface area (Å²) < 4.78 is 5.23. The van der Waals surface area contributed by atoms with Crippen molar-refractivity contribution in [3.63, 3.8) is 0 Å². The lowest BCUT2D eigenvalue weighted by molar-refractivity contribution is 0.0955. The van der Waals surface area contributed by atoms with Crippen LogP contribution in [0.25, 0.3) is 0 Å². The number of benzene rings is 1. The van der Waals surface area contributed by atoms with Gasteiger partial charge in [-0.1, -0.05) is 12.1 Å². The number of pyridine rings is 1. The molecule has 0 aliphatic heterocycles. The molecule has 1 aromatic heterocycles. The number of nitrogens with one attached hydrogen (secondary N) is 1. The number of nitrogens with zero attached hydrogens (tertiary/aromatic N) is 2. The Hall–Kier alpha value is -2.69. The molecule has 0 unspecified atom stereocenters. The van der Waals surface area contributed by atoms with Gasteiger partial charge in [0.15, 0.2) is 0 Å². The number of aryl methyl sites for hydroxylation is 1. The number of rotatable bonds is 4. The molecule has 0 saturated carbocycles. The zero-order valence-electron chi connectivity index (χ0n) is 11.3. The lowest BCUT2D eigenvalue weighted by Gasteiger charge is -2.04. The van der Waals surface area contributed by atoms with Crippen LogP contribution in [0.5, 0.6) is 5.75 Å². The van der Waals surface area contributed by atoms with Crippen molar-refractivity contribution < 1.29 is 9.53 Å². The molecule has 2 rings (SSSR count). The molecule has 5 heteroatoms. The van der Waals surface area contributed by atoms with Crippen molar-refractivity contribution in [1.82, 2.24) is 10.4 Å². The predicted octanol–water partition coefficient (Wildman–Crippen LogP) is 2.16. The van der Waals surface area contributed by atoms with E-state index >= 15 is 0 Å². The molecule has 1 aromatic carbocycles. The van der Waals surface area contributed by atoms with Gasteiger partial charge in [-0.3, -0.25) is 9.78 Å². The second-order valence-corrected chi connectivity index (χ2v) is 4.17. The van der Waals surface area contributed by atoms with Crippen molar-refractivity contribution in [2.45, 2.75) is 6.92 Å². The molecule has 0 bridgehead atoms. The smallest absolute Gasteiger partial charge is 0.272 e. The minimum absolute atomic E-state index is 0.298. The van der Waals surface area contributed by atoms with Crippen molar-refractivity contribution >= 4 is 12.1 Å². The molecule has 0 fully saturated rings. The Bertz CT molecular complexity index is 624. The molecule has 1 amide bonds. The van der Waals surface area contributed by atoms with Crippen molar-refractivity contribution in [3.05, 3.63) is 59.4 Å². The molecule has 1 heterocycles. The highest BCUT2D eigenvalue weighted by Gasteiger charge is 2.02. The molecule has 0 aliphatic rings. The first-order chi connectivity index (χ1) is 9.70. The minimum atomic E-state index is -0.298. The molecule has 0 radical (unpaired) electrons. The highest BCUT2D eigenvalue weighted by atomic mass is 16.5. The van der Waals surface area contributed by atoms with Gasteiger partial charge < -0.3 is 4.74 Å². The zero-order chi connectivity index (χ0) is 14.4. The van der Waals surface area contributed by atoms with Crippen molar-refractivity contribution in [2.75, 3.05) is 7.11 Å². The fourth-order valence-corrected chi connectivity index (χ4v) is 1.64. The van der Waals surface area contributed by atoms with E-state index in [-0.39, 0.29) is 5.91 Å². The van der Waals surface area contributed by atoms with Crippen LogP contribution < -0.4 is 10.2 Å². The first-order valence-corrected chi connectivity index (χ1v) is 6.09. The first-order valence-electron chi connectivity index (χ1n) is 6.09. The Morgan fingerprint density at radius 2 is 2.25 bits per heavy atom. The summed E-state index contributed by atoms with van der Waals surface area (Å²) >= 11 is 0. The van der Waals surface area contributed by atoms with Gasteiger partial charge in [-0.2, -0.15) is 5.10 Å². The Labute approximate surface area is 117 Å². The molecular weight excluding hydrogens is 254 g/mol. The lowest BCUT2D eigenvalue weighted by Crippen LogP contribution is -2.17. The Kier molecular flexibility index (Phi) is 4.44. The van der Waals surface area contributed by atoms with Crippen molar-refractivity contribution in [2.24, 2.45) is 5.10 Å².